The van der Waals surface area contributed by atoms with E-state index in [1.54, 1.807) is 17.0 Å². The van der Waals surface area contributed by atoms with Crippen molar-refractivity contribution in [2.45, 2.75) is 13.0 Å². The van der Waals surface area contributed by atoms with Crippen LogP contribution >= 0.6 is 11.6 Å². The molecule has 1 aliphatic rings. The van der Waals surface area contributed by atoms with E-state index >= 15 is 0 Å². The number of amides is 2. The SMILES string of the molecule is O=C(NCc1ccccc1Cl)c1cc(C(=O)N2CCc3ccccc32)ccn1. The lowest BCUT2D eigenvalue weighted by Crippen LogP contribution is -2.30. The molecule has 6 heteroatoms. The van der Waals surface area contributed by atoms with Gasteiger partial charge in [0.15, 0.2) is 0 Å². The second-order valence-electron chi connectivity index (χ2n) is 6.54. The molecule has 3 aromatic rings. The molecule has 0 atom stereocenters. The van der Waals surface area contributed by atoms with E-state index in [4.69, 9.17) is 11.6 Å². The number of benzene rings is 2. The summed E-state index contributed by atoms with van der Waals surface area (Å²) in [7, 11) is 0. The van der Waals surface area contributed by atoms with Gasteiger partial charge in [-0.3, -0.25) is 14.6 Å². The number of pyridine rings is 1. The van der Waals surface area contributed by atoms with Crippen LogP contribution < -0.4 is 10.2 Å². The standard InChI is InChI=1S/C22H18ClN3O2/c23-18-7-3-1-6-17(18)14-25-21(27)19-13-16(9-11-24-19)22(28)26-12-10-15-5-2-4-8-20(15)26/h1-9,11,13H,10,12,14H2,(H,25,27). The average molecular weight is 392 g/mol. The molecule has 0 spiro atoms. The maximum Gasteiger partial charge on any atom is 0.270 e. The van der Waals surface area contributed by atoms with Crippen molar-refractivity contribution in [1.82, 2.24) is 10.3 Å². The lowest BCUT2D eigenvalue weighted by Gasteiger charge is -2.17. The molecule has 0 radical (unpaired) electrons. The van der Waals surface area contributed by atoms with Crippen molar-refractivity contribution in [3.05, 3.63) is 94.3 Å². The van der Waals surface area contributed by atoms with Crippen LogP contribution in [-0.4, -0.2) is 23.3 Å². The molecule has 1 N–H and O–H groups in total. The molecule has 0 saturated carbocycles. The van der Waals surface area contributed by atoms with Crippen molar-refractivity contribution in [2.75, 3.05) is 11.4 Å². The predicted octanol–water partition coefficient (Wildman–Crippen LogP) is 3.87. The summed E-state index contributed by atoms with van der Waals surface area (Å²) in [6.45, 7) is 0.923. The maximum atomic E-state index is 13.0. The van der Waals surface area contributed by atoms with Gasteiger partial charge in [-0.25, -0.2) is 0 Å². The van der Waals surface area contributed by atoms with Crippen molar-refractivity contribution < 1.29 is 9.59 Å². The zero-order valence-corrected chi connectivity index (χ0v) is 15.8. The van der Waals surface area contributed by atoms with E-state index < -0.39 is 0 Å². The van der Waals surface area contributed by atoms with Crippen LogP contribution in [0.3, 0.4) is 0 Å². The van der Waals surface area contributed by atoms with Gasteiger partial charge in [0.2, 0.25) is 0 Å². The molecule has 1 aromatic heterocycles. The Morgan fingerprint density at radius 2 is 1.86 bits per heavy atom. The van der Waals surface area contributed by atoms with Gasteiger partial charge in [-0.05, 0) is 41.8 Å². The summed E-state index contributed by atoms with van der Waals surface area (Å²) in [5.74, 6) is -0.483. The monoisotopic (exact) mass is 391 g/mol. The molecule has 28 heavy (non-hydrogen) atoms. The molecule has 0 unspecified atom stereocenters. The van der Waals surface area contributed by atoms with E-state index in [2.05, 4.69) is 10.3 Å². The number of anilines is 1. The van der Waals surface area contributed by atoms with E-state index in [1.807, 2.05) is 42.5 Å². The summed E-state index contributed by atoms with van der Waals surface area (Å²) in [5, 5.41) is 3.39. The fraction of sp³-hybridized carbons (Fsp3) is 0.136. The molecule has 0 saturated heterocycles. The van der Waals surface area contributed by atoms with Crippen LogP contribution in [0.4, 0.5) is 5.69 Å². The Morgan fingerprint density at radius 3 is 2.71 bits per heavy atom. The van der Waals surface area contributed by atoms with Gasteiger partial charge in [-0.15, -0.1) is 0 Å². The van der Waals surface area contributed by atoms with Gasteiger partial charge in [-0.1, -0.05) is 48.0 Å². The highest BCUT2D eigenvalue weighted by molar-refractivity contribution is 6.31. The van der Waals surface area contributed by atoms with Gasteiger partial charge in [0.25, 0.3) is 11.8 Å². The first-order valence-electron chi connectivity index (χ1n) is 9.01. The summed E-state index contributed by atoms with van der Waals surface area (Å²) in [6, 6.07) is 18.3. The van der Waals surface area contributed by atoms with E-state index in [0.717, 1.165) is 23.2 Å². The number of carbonyl (C=O) groups is 2. The Balaban J connectivity index is 1.49. The molecule has 1 aliphatic heterocycles. The molecule has 0 fully saturated rings. The number of aromatic nitrogens is 1. The number of hydrogen-bond acceptors (Lipinski definition) is 3. The van der Waals surface area contributed by atoms with E-state index in [-0.39, 0.29) is 24.1 Å². The minimum Gasteiger partial charge on any atom is -0.347 e. The van der Waals surface area contributed by atoms with Crippen molar-refractivity contribution >= 4 is 29.1 Å². The number of para-hydroxylation sites is 1. The van der Waals surface area contributed by atoms with Crippen molar-refractivity contribution in [3.8, 4) is 0 Å². The second kappa shape index (κ2) is 7.82. The molecule has 5 nitrogen and oxygen atoms in total. The normalized spacial score (nSPS) is 12.5. The number of halogens is 1. The number of fused-ring (bicyclic) bond motifs is 1. The lowest BCUT2D eigenvalue weighted by molar-refractivity contribution is 0.0946. The largest absolute Gasteiger partial charge is 0.347 e. The quantitative estimate of drug-likeness (QED) is 0.734. The fourth-order valence-corrected chi connectivity index (χ4v) is 3.50. The molecule has 140 valence electrons. The van der Waals surface area contributed by atoms with Gasteiger partial charge >= 0.3 is 0 Å². The van der Waals surface area contributed by atoms with Crippen LogP contribution in [0.25, 0.3) is 0 Å². The minimum atomic E-state index is -0.351. The zero-order valence-electron chi connectivity index (χ0n) is 15.1. The average Bonchev–Trinajstić information content (AvgIpc) is 3.16. The number of nitrogens with one attached hydrogen (secondary N) is 1. The van der Waals surface area contributed by atoms with E-state index in [9.17, 15) is 9.59 Å². The maximum absolute atomic E-state index is 13.0. The third kappa shape index (κ3) is 3.62. The zero-order chi connectivity index (χ0) is 19.5. The van der Waals surface area contributed by atoms with Gasteiger partial charge in [-0.2, -0.15) is 0 Å². The van der Waals surface area contributed by atoms with E-state index in [1.165, 1.54) is 12.3 Å². The van der Waals surface area contributed by atoms with Gasteiger partial charge in [0.1, 0.15) is 5.69 Å². The van der Waals surface area contributed by atoms with Crippen molar-refractivity contribution in [2.24, 2.45) is 0 Å². The smallest absolute Gasteiger partial charge is 0.270 e. The highest BCUT2D eigenvalue weighted by Crippen LogP contribution is 2.28. The number of carbonyl (C=O) groups excluding carboxylic acids is 2. The fourth-order valence-electron chi connectivity index (χ4n) is 3.30. The van der Waals surface area contributed by atoms with Crippen LogP contribution in [0.15, 0.2) is 66.9 Å². The first-order chi connectivity index (χ1) is 13.6. The molecule has 2 amide bonds. The second-order valence-corrected chi connectivity index (χ2v) is 6.95. The van der Waals surface area contributed by atoms with Crippen LogP contribution in [0.5, 0.6) is 0 Å². The lowest BCUT2D eigenvalue weighted by atomic mass is 10.1. The van der Waals surface area contributed by atoms with Crippen molar-refractivity contribution in [1.29, 1.82) is 0 Å². The Bertz CT molecular complexity index is 1050. The summed E-state index contributed by atoms with van der Waals surface area (Å²) in [5.41, 5.74) is 3.54. The van der Waals surface area contributed by atoms with Gasteiger partial charge in [0.05, 0.1) is 0 Å². The molecule has 4 rings (SSSR count). The van der Waals surface area contributed by atoms with Crippen LogP contribution in [0, 0.1) is 0 Å². The first kappa shape index (κ1) is 18.2. The third-order valence-electron chi connectivity index (χ3n) is 4.77. The highest BCUT2D eigenvalue weighted by atomic mass is 35.5. The Morgan fingerprint density at radius 1 is 1.07 bits per heavy atom. The van der Waals surface area contributed by atoms with Gasteiger partial charge < -0.3 is 10.2 Å². The summed E-state index contributed by atoms with van der Waals surface area (Å²) in [4.78, 5) is 31.3. The van der Waals surface area contributed by atoms with Crippen molar-refractivity contribution in [3.63, 3.8) is 0 Å². The van der Waals surface area contributed by atoms with Crippen LogP contribution in [0.1, 0.15) is 32.0 Å². The number of nitrogens with zero attached hydrogens (tertiary/aromatic N) is 2. The Kier molecular flexibility index (Phi) is 5.08. The number of hydrogen-bond donors (Lipinski definition) is 1. The third-order valence-corrected chi connectivity index (χ3v) is 5.14. The predicted molar refractivity (Wildman–Crippen MR) is 109 cm³/mol. The first-order valence-corrected chi connectivity index (χ1v) is 9.39. The van der Waals surface area contributed by atoms with Crippen LogP contribution in [0.2, 0.25) is 5.02 Å². The van der Waals surface area contributed by atoms with Gasteiger partial charge in [0, 0.05) is 35.6 Å². The molecule has 0 aliphatic carbocycles. The Labute approximate surface area is 168 Å². The highest BCUT2D eigenvalue weighted by Gasteiger charge is 2.25. The van der Waals surface area contributed by atoms with E-state index in [0.29, 0.717) is 17.1 Å². The molecular weight excluding hydrogens is 374 g/mol. The summed E-state index contributed by atoms with van der Waals surface area (Å²) in [6.07, 6.45) is 2.32. The Hall–Kier alpha value is -3.18. The topological polar surface area (TPSA) is 62.3 Å². The molecule has 2 heterocycles. The summed E-state index contributed by atoms with van der Waals surface area (Å²) < 4.78 is 0. The minimum absolute atomic E-state index is 0.132. The molecular formula is C22H18ClN3O2. The molecule has 0 bridgehead atoms. The van der Waals surface area contributed by atoms with Crippen LogP contribution in [-0.2, 0) is 13.0 Å². The number of rotatable bonds is 4. The summed E-state index contributed by atoms with van der Waals surface area (Å²) >= 11 is 6.12. The molecule has 2 aromatic carbocycles.